The molecule has 1 aliphatic carbocycles. The first kappa shape index (κ1) is 13.7. The van der Waals surface area contributed by atoms with Gasteiger partial charge in [0.25, 0.3) is 0 Å². The lowest BCUT2D eigenvalue weighted by Gasteiger charge is -2.47. The molecule has 110 valence electrons. The highest BCUT2D eigenvalue weighted by molar-refractivity contribution is 5.44. The zero-order valence-corrected chi connectivity index (χ0v) is 12.7. The standard InChI is InChI=1S/C17H25NO2/c1-11-6-12(2)9-17(8-11)10-15(18)14-7-13(19-3)4-5-16(14)20-17/h4-5,7,11-12,15H,6,8-10,18H2,1-3H3/t11?,12?,15-,17?/m0/s1. The number of hydrogen-bond donors (Lipinski definition) is 1. The van der Waals surface area contributed by atoms with Crippen molar-refractivity contribution in [2.24, 2.45) is 17.6 Å². The molecule has 0 aromatic heterocycles. The lowest BCUT2D eigenvalue weighted by atomic mass is 9.69. The Hall–Kier alpha value is -1.22. The van der Waals surface area contributed by atoms with Crippen LogP contribution in [0.25, 0.3) is 0 Å². The van der Waals surface area contributed by atoms with E-state index in [1.54, 1.807) is 7.11 Å². The molecule has 1 heterocycles. The number of ether oxygens (including phenoxy) is 2. The van der Waals surface area contributed by atoms with E-state index >= 15 is 0 Å². The lowest BCUT2D eigenvalue weighted by molar-refractivity contribution is -0.0312. The molecule has 1 fully saturated rings. The Bertz CT molecular complexity index is 490. The number of methoxy groups -OCH3 is 1. The van der Waals surface area contributed by atoms with Gasteiger partial charge in [0.05, 0.1) is 7.11 Å². The summed E-state index contributed by atoms with van der Waals surface area (Å²) in [6.07, 6.45) is 4.46. The molecule has 1 spiro atoms. The van der Waals surface area contributed by atoms with Crippen LogP contribution in [-0.2, 0) is 0 Å². The molecule has 0 bridgehead atoms. The first-order valence-electron chi connectivity index (χ1n) is 7.64. The summed E-state index contributed by atoms with van der Waals surface area (Å²) in [5.41, 5.74) is 7.46. The number of fused-ring (bicyclic) bond motifs is 1. The molecule has 1 aromatic rings. The Morgan fingerprint density at radius 3 is 2.55 bits per heavy atom. The van der Waals surface area contributed by atoms with Crippen molar-refractivity contribution in [2.45, 2.75) is 51.2 Å². The fourth-order valence-corrected chi connectivity index (χ4v) is 4.28. The van der Waals surface area contributed by atoms with Gasteiger partial charge in [-0.25, -0.2) is 0 Å². The SMILES string of the molecule is COc1ccc2c(c1)[C@@H](N)CC1(CC(C)CC(C)C1)O2. The summed E-state index contributed by atoms with van der Waals surface area (Å²) in [4.78, 5) is 0. The zero-order valence-electron chi connectivity index (χ0n) is 12.7. The van der Waals surface area contributed by atoms with Crippen LogP contribution in [0, 0.1) is 11.8 Å². The minimum absolute atomic E-state index is 0.0475. The fourth-order valence-electron chi connectivity index (χ4n) is 4.28. The average Bonchev–Trinajstić information content (AvgIpc) is 2.36. The molecule has 2 N–H and O–H groups in total. The van der Waals surface area contributed by atoms with Crippen LogP contribution in [0.3, 0.4) is 0 Å². The number of rotatable bonds is 1. The van der Waals surface area contributed by atoms with E-state index in [0.29, 0.717) is 11.8 Å². The zero-order chi connectivity index (χ0) is 14.3. The maximum atomic E-state index is 6.44. The normalized spacial score (nSPS) is 36.3. The highest BCUT2D eigenvalue weighted by Crippen LogP contribution is 2.48. The van der Waals surface area contributed by atoms with E-state index in [4.69, 9.17) is 15.2 Å². The van der Waals surface area contributed by atoms with E-state index in [9.17, 15) is 0 Å². The van der Waals surface area contributed by atoms with Crippen molar-refractivity contribution in [1.82, 2.24) is 0 Å². The van der Waals surface area contributed by atoms with Gasteiger partial charge in [0.2, 0.25) is 0 Å². The third kappa shape index (κ3) is 2.39. The molecule has 0 amide bonds. The summed E-state index contributed by atoms with van der Waals surface area (Å²) in [5.74, 6) is 3.23. The monoisotopic (exact) mass is 275 g/mol. The summed E-state index contributed by atoms with van der Waals surface area (Å²) in [6.45, 7) is 4.66. The van der Waals surface area contributed by atoms with Crippen LogP contribution in [-0.4, -0.2) is 12.7 Å². The lowest BCUT2D eigenvalue weighted by Crippen LogP contribution is -2.48. The predicted octanol–water partition coefficient (Wildman–Crippen LogP) is 3.67. The van der Waals surface area contributed by atoms with E-state index < -0.39 is 0 Å². The fraction of sp³-hybridized carbons (Fsp3) is 0.647. The topological polar surface area (TPSA) is 44.5 Å². The van der Waals surface area contributed by atoms with Crippen LogP contribution < -0.4 is 15.2 Å². The highest BCUT2D eigenvalue weighted by Gasteiger charge is 2.44. The third-order valence-electron chi connectivity index (χ3n) is 4.78. The third-order valence-corrected chi connectivity index (χ3v) is 4.78. The Kier molecular flexibility index (Phi) is 3.41. The number of benzene rings is 1. The van der Waals surface area contributed by atoms with Gasteiger partial charge in [0, 0.05) is 18.0 Å². The Labute approximate surface area is 121 Å². The van der Waals surface area contributed by atoms with Gasteiger partial charge in [0.1, 0.15) is 17.1 Å². The summed E-state index contributed by atoms with van der Waals surface area (Å²) in [7, 11) is 1.68. The van der Waals surface area contributed by atoms with Gasteiger partial charge < -0.3 is 15.2 Å². The van der Waals surface area contributed by atoms with Crippen molar-refractivity contribution in [1.29, 1.82) is 0 Å². The molecular formula is C17H25NO2. The molecule has 1 saturated carbocycles. The molecule has 3 heteroatoms. The highest BCUT2D eigenvalue weighted by atomic mass is 16.5. The molecule has 2 aliphatic rings. The summed E-state index contributed by atoms with van der Waals surface area (Å²) < 4.78 is 11.7. The molecular weight excluding hydrogens is 250 g/mol. The Balaban J connectivity index is 1.92. The summed E-state index contributed by atoms with van der Waals surface area (Å²) >= 11 is 0. The van der Waals surface area contributed by atoms with Gasteiger partial charge in [-0.1, -0.05) is 13.8 Å². The molecule has 1 aromatic carbocycles. The van der Waals surface area contributed by atoms with Gasteiger partial charge in [-0.2, -0.15) is 0 Å². The van der Waals surface area contributed by atoms with Crippen molar-refractivity contribution in [2.75, 3.05) is 7.11 Å². The maximum Gasteiger partial charge on any atom is 0.125 e. The number of nitrogens with two attached hydrogens (primary N) is 1. The molecule has 1 aliphatic heterocycles. The van der Waals surface area contributed by atoms with Crippen molar-refractivity contribution in [3.63, 3.8) is 0 Å². The van der Waals surface area contributed by atoms with Crippen LogP contribution in [0.2, 0.25) is 0 Å². The van der Waals surface area contributed by atoms with Gasteiger partial charge in [0.15, 0.2) is 0 Å². The van der Waals surface area contributed by atoms with E-state index in [1.807, 2.05) is 18.2 Å². The second kappa shape index (κ2) is 4.96. The van der Waals surface area contributed by atoms with E-state index in [1.165, 1.54) is 6.42 Å². The summed E-state index contributed by atoms with van der Waals surface area (Å²) in [5, 5.41) is 0. The van der Waals surface area contributed by atoms with Gasteiger partial charge >= 0.3 is 0 Å². The van der Waals surface area contributed by atoms with Crippen molar-refractivity contribution in [3.05, 3.63) is 23.8 Å². The number of hydrogen-bond acceptors (Lipinski definition) is 3. The minimum Gasteiger partial charge on any atom is -0.497 e. The predicted molar refractivity (Wildman–Crippen MR) is 80.1 cm³/mol. The van der Waals surface area contributed by atoms with Crippen LogP contribution in [0.15, 0.2) is 18.2 Å². The molecule has 3 atom stereocenters. The van der Waals surface area contributed by atoms with Crippen LogP contribution in [0.5, 0.6) is 11.5 Å². The first-order valence-corrected chi connectivity index (χ1v) is 7.64. The van der Waals surface area contributed by atoms with Crippen molar-refractivity contribution in [3.8, 4) is 11.5 Å². The molecule has 3 nitrogen and oxygen atoms in total. The van der Waals surface area contributed by atoms with E-state index in [2.05, 4.69) is 13.8 Å². The Morgan fingerprint density at radius 2 is 1.90 bits per heavy atom. The van der Waals surface area contributed by atoms with Gasteiger partial charge in [-0.3, -0.25) is 0 Å². The van der Waals surface area contributed by atoms with Crippen LogP contribution in [0.4, 0.5) is 0 Å². The second-order valence-electron chi connectivity index (χ2n) is 6.85. The minimum atomic E-state index is -0.0575. The second-order valence-corrected chi connectivity index (χ2v) is 6.85. The largest absolute Gasteiger partial charge is 0.497 e. The smallest absolute Gasteiger partial charge is 0.125 e. The molecule has 20 heavy (non-hydrogen) atoms. The molecule has 3 rings (SSSR count). The van der Waals surface area contributed by atoms with Crippen LogP contribution in [0.1, 0.15) is 51.1 Å². The quantitative estimate of drug-likeness (QED) is 0.850. The average molecular weight is 275 g/mol. The molecule has 0 radical (unpaired) electrons. The molecule has 2 unspecified atom stereocenters. The summed E-state index contributed by atoms with van der Waals surface area (Å²) in [6, 6.07) is 6.04. The first-order chi connectivity index (χ1) is 9.51. The molecule has 0 saturated heterocycles. The van der Waals surface area contributed by atoms with Gasteiger partial charge in [-0.15, -0.1) is 0 Å². The maximum absolute atomic E-state index is 6.44. The van der Waals surface area contributed by atoms with Crippen molar-refractivity contribution >= 4 is 0 Å². The van der Waals surface area contributed by atoms with E-state index in [0.717, 1.165) is 36.3 Å². The van der Waals surface area contributed by atoms with Crippen molar-refractivity contribution < 1.29 is 9.47 Å². The van der Waals surface area contributed by atoms with Crippen LogP contribution >= 0.6 is 0 Å². The van der Waals surface area contributed by atoms with Gasteiger partial charge in [-0.05, 0) is 49.3 Å². The van der Waals surface area contributed by atoms with E-state index in [-0.39, 0.29) is 11.6 Å². The Morgan fingerprint density at radius 1 is 1.20 bits per heavy atom.